The topological polar surface area (TPSA) is 118 Å². The van der Waals surface area contributed by atoms with Gasteiger partial charge in [0.1, 0.15) is 11.6 Å². The standard InChI is InChI=1S/C10H11N5O2/c11-5-6-1-2-13-10(9(6)15(16)17)14-8-3-7(12)4-8/h1-2,7-8H,3-4,12H2,(H,13,14). The molecule has 1 saturated carbocycles. The van der Waals surface area contributed by atoms with Gasteiger partial charge in [-0.1, -0.05) is 0 Å². The van der Waals surface area contributed by atoms with E-state index in [2.05, 4.69) is 10.3 Å². The van der Waals surface area contributed by atoms with Crippen molar-refractivity contribution in [3.63, 3.8) is 0 Å². The molecule has 0 unspecified atom stereocenters. The lowest BCUT2D eigenvalue weighted by atomic mass is 9.87. The Bertz CT molecular complexity index is 490. The number of nitrogens with two attached hydrogens (primary N) is 1. The average Bonchev–Trinajstić information content (AvgIpc) is 2.26. The van der Waals surface area contributed by atoms with Gasteiger partial charge in [-0.25, -0.2) is 4.98 Å². The summed E-state index contributed by atoms with van der Waals surface area (Å²) in [6.07, 6.45) is 2.90. The number of nitro groups is 1. The number of aromatic nitrogens is 1. The summed E-state index contributed by atoms with van der Waals surface area (Å²) in [4.78, 5) is 14.2. The number of nitrogens with zero attached hydrogens (tertiary/aromatic N) is 3. The van der Waals surface area contributed by atoms with E-state index in [1.165, 1.54) is 12.3 Å². The van der Waals surface area contributed by atoms with Gasteiger partial charge < -0.3 is 11.1 Å². The van der Waals surface area contributed by atoms with Crippen molar-refractivity contribution < 1.29 is 4.92 Å². The highest BCUT2D eigenvalue weighted by Gasteiger charge is 2.29. The lowest BCUT2D eigenvalue weighted by Gasteiger charge is -2.33. The molecule has 0 saturated heterocycles. The Hall–Kier alpha value is -2.20. The highest BCUT2D eigenvalue weighted by molar-refractivity contribution is 5.64. The summed E-state index contributed by atoms with van der Waals surface area (Å²) in [7, 11) is 0. The van der Waals surface area contributed by atoms with Crippen molar-refractivity contribution >= 4 is 11.5 Å². The van der Waals surface area contributed by atoms with Gasteiger partial charge in [-0.3, -0.25) is 10.1 Å². The van der Waals surface area contributed by atoms with E-state index in [0.717, 1.165) is 12.8 Å². The first kappa shape index (κ1) is 11.3. The molecule has 0 radical (unpaired) electrons. The maximum absolute atomic E-state index is 10.9. The van der Waals surface area contributed by atoms with Gasteiger partial charge >= 0.3 is 5.69 Å². The van der Waals surface area contributed by atoms with E-state index in [9.17, 15) is 10.1 Å². The number of hydrogen-bond acceptors (Lipinski definition) is 6. The second-order valence-corrected chi connectivity index (χ2v) is 4.00. The number of anilines is 1. The predicted molar refractivity (Wildman–Crippen MR) is 60.2 cm³/mol. The predicted octanol–water partition coefficient (Wildman–Crippen LogP) is 0.763. The average molecular weight is 233 g/mol. The van der Waals surface area contributed by atoms with E-state index < -0.39 is 4.92 Å². The van der Waals surface area contributed by atoms with Crippen LogP contribution >= 0.6 is 0 Å². The Kier molecular flexibility index (Phi) is 2.89. The molecule has 0 amide bonds. The fourth-order valence-corrected chi connectivity index (χ4v) is 1.81. The molecule has 3 N–H and O–H groups in total. The zero-order valence-electron chi connectivity index (χ0n) is 8.96. The van der Waals surface area contributed by atoms with Crippen molar-refractivity contribution in [2.75, 3.05) is 5.32 Å². The highest BCUT2D eigenvalue weighted by Crippen LogP contribution is 2.29. The SMILES string of the molecule is N#Cc1ccnc(NC2CC(N)C2)c1[N+](=O)[O-]. The molecular formula is C10H11N5O2. The second kappa shape index (κ2) is 4.35. The summed E-state index contributed by atoms with van der Waals surface area (Å²) in [6.45, 7) is 0. The molecule has 0 atom stereocenters. The van der Waals surface area contributed by atoms with Crippen LogP contribution in [0.4, 0.5) is 11.5 Å². The zero-order chi connectivity index (χ0) is 12.4. The quantitative estimate of drug-likeness (QED) is 0.587. The molecule has 7 nitrogen and oxygen atoms in total. The number of nitriles is 1. The minimum absolute atomic E-state index is 0.0103. The first-order chi connectivity index (χ1) is 8.11. The molecule has 1 fully saturated rings. The number of rotatable bonds is 3. The van der Waals surface area contributed by atoms with Crippen LogP contribution in [0.3, 0.4) is 0 Å². The lowest BCUT2D eigenvalue weighted by molar-refractivity contribution is -0.384. The van der Waals surface area contributed by atoms with Gasteiger partial charge in [0.05, 0.1) is 4.92 Å². The van der Waals surface area contributed by atoms with Crippen LogP contribution in [0, 0.1) is 21.4 Å². The summed E-state index contributed by atoms with van der Waals surface area (Å²) in [5, 5.41) is 22.7. The van der Waals surface area contributed by atoms with Gasteiger partial charge in [0.2, 0.25) is 5.82 Å². The molecule has 0 bridgehead atoms. The van der Waals surface area contributed by atoms with Crippen molar-refractivity contribution in [2.45, 2.75) is 24.9 Å². The van der Waals surface area contributed by atoms with Crippen LogP contribution in [-0.2, 0) is 0 Å². The number of pyridine rings is 1. The monoisotopic (exact) mass is 233 g/mol. The van der Waals surface area contributed by atoms with Gasteiger partial charge in [-0.15, -0.1) is 0 Å². The van der Waals surface area contributed by atoms with E-state index in [-0.39, 0.29) is 29.2 Å². The highest BCUT2D eigenvalue weighted by atomic mass is 16.6. The fourth-order valence-electron chi connectivity index (χ4n) is 1.81. The third-order valence-electron chi connectivity index (χ3n) is 2.74. The summed E-state index contributed by atoms with van der Waals surface area (Å²) >= 11 is 0. The summed E-state index contributed by atoms with van der Waals surface area (Å²) in [5.41, 5.74) is 5.37. The minimum Gasteiger partial charge on any atom is -0.361 e. The van der Waals surface area contributed by atoms with Crippen molar-refractivity contribution in [2.24, 2.45) is 5.73 Å². The molecule has 7 heteroatoms. The van der Waals surface area contributed by atoms with Crippen molar-refractivity contribution in [3.05, 3.63) is 27.9 Å². The maximum atomic E-state index is 10.9. The molecule has 0 aromatic carbocycles. The number of nitrogens with one attached hydrogen (secondary N) is 1. The van der Waals surface area contributed by atoms with Crippen LogP contribution in [-0.4, -0.2) is 22.0 Å². The first-order valence-corrected chi connectivity index (χ1v) is 5.17. The van der Waals surface area contributed by atoms with Crippen LogP contribution in [0.5, 0.6) is 0 Å². The third-order valence-corrected chi connectivity index (χ3v) is 2.74. The van der Waals surface area contributed by atoms with Crippen LogP contribution in [0.1, 0.15) is 18.4 Å². The molecule has 1 aromatic heterocycles. The lowest BCUT2D eigenvalue weighted by Crippen LogP contribution is -2.44. The van der Waals surface area contributed by atoms with Crippen molar-refractivity contribution in [1.82, 2.24) is 4.98 Å². The Labute approximate surface area is 97.4 Å². The van der Waals surface area contributed by atoms with Crippen molar-refractivity contribution in [1.29, 1.82) is 5.26 Å². The molecule has 1 aromatic rings. The molecule has 1 heterocycles. The van der Waals surface area contributed by atoms with E-state index in [0.29, 0.717) is 0 Å². The summed E-state index contributed by atoms with van der Waals surface area (Å²) in [5.74, 6) is 0.144. The molecule has 88 valence electrons. The maximum Gasteiger partial charge on any atom is 0.328 e. The Balaban J connectivity index is 2.27. The van der Waals surface area contributed by atoms with Gasteiger partial charge in [0, 0.05) is 18.3 Å². The van der Waals surface area contributed by atoms with E-state index in [1.54, 1.807) is 6.07 Å². The van der Waals surface area contributed by atoms with E-state index >= 15 is 0 Å². The van der Waals surface area contributed by atoms with Crippen LogP contribution in [0.2, 0.25) is 0 Å². The second-order valence-electron chi connectivity index (χ2n) is 4.00. The Morgan fingerprint density at radius 2 is 2.35 bits per heavy atom. The molecule has 17 heavy (non-hydrogen) atoms. The Morgan fingerprint density at radius 1 is 1.65 bits per heavy atom. The fraction of sp³-hybridized carbons (Fsp3) is 0.400. The van der Waals surface area contributed by atoms with Crippen molar-refractivity contribution in [3.8, 4) is 6.07 Å². The third kappa shape index (κ3) is 2.16. The Morgan fingerprint density at radius 3 is 2.88 bits per heavy atom. The van der Waals surface area contributed by atoms with Crippen LogP contribution < -0.4 is 11.1 Å². The molecule has 0 spiro atoms. The van der Waals surface area contributed by atoms with Gasteiger partial charge in [0.25, 0.3) is 0 Å². The minimum atomic E-state index is -0.591. The van der Waals surface area contributed by atoms with Crippen LogP contribution in [0.15, 0.2) is 12.3 Å². The molecular weight excluding hydrogens is 222 g/mol. The largest absolute Gasteiger partial charge is 0.361 e. The number of hydrogen-bond donors (Lipinski definition) is 2. The first-order valence-electron chi connectivity index (χ1n) is 5.17. The molecule has 2 rings (SSSR count). The van der Waals surface area contributed by atoms with Crippen LogP contribution in [0.25, 0.3) is 0 Å². The van der Waals surface area contributed by atoms with E-state index in [4.69, 9.17) is 11.0 Å². The zero-order valence-corrected chi connectivity index (χ0v) is 8.96. The smallest absolute Gasteiger partial charge is 0.328 e. The van der Waals surface area contributed by atoms with Gasteiger partial charge in [-0.2, -0.15) is 5.26 Å². The van der Waals surface area contributed by atoms with Gasteiger partial charge in [-0.05, 0) is 18.9 Å². The summed E-state index contributed by atoms with van der Waals surface area (Å²) < 4.78 is 0. The molecule has 1 aliphatic carbocycles. The summed E-state index contributed by atoms with van der Waals surface area (Å²) in [6, 6.07) is 3.36. The normalized spacial score (nSPS) is 22.4. The van der Waals surface area contributed by atoms with E-state index in [1.807, 2.05) is 0 Å². The van der Waals surface area contributed by atoms with Gasteiger partial charge in [0.15, 0.2) is 0 Å². The molecule has 0 aliphatic heterocycles. The molecule has 1 aliphatic rings.